The molecule has 5 rings (SSSR count). The minimum atomic E-state index is -5.11. The van der Waals surface area contributed by atoms with Gasteiger partial charge in [-0.15, -0.1) is 24.5 Å². The molecule has 2 aromatic carbocycles. The van der Waals surface area contributed by atoms with Crippen LogP contribution >= 0.6 is 11.3 Å². The molecule has 0 unspecified atom stereocenters. The van der Waals surface area contributed by atoms with E-state index in [9.17, 15) is 41.0 Å². The molecule has 1 atom stereocenters. The predicted molar refractivity (Wildman–Crippen MR) is 137 cm³/mol. The van der Waals surface area contributed by atoms with Crippen LogP contribution in [0.2, 0.25) is 0 Å². The summed E-state index contributed by atoms with van der Waals surface area (Å²) in [6.45, 7) is 0.224. The molecule has 0 radical (unpaired) electrons. The van der Waals surface area contributed by atoms with E-state index in [-0.39, 0.29) is 37.7 Å². The number of ether oxygens (including phenoxy) is 2. The van der Waals surface area contributed by atoms with Crippen molar-refractivity contribution in [3.05, 3.63) is 81.1 Å². The van der Waals surface area contributed by atoms with Gasteiger partial charge in [0.1, 0.15) is 10.6 Å². The summed E-state index contributed by atoms with van der Waals surface area (Å²) in [6.07, 6.45) is -11.5. The number of aliphatic hydroxyl groups excluding tert-OH is 1. The van der Waals surface area contributed by atoms with Crippen LogP contribution in [0.3, 0.4) is 0 Å². The van der Waals surface area contributed by atoms with E-state index in [0.717, 1.165) is 6.07 Å². The number of nitrogens with zero attached hydrogens (tertiary/aromatic N) is 2. The van der Waals surface area contributed by atoms with Gasteiger partial charge in [-0.3, -0.25) is 19.3 Å². The maximum absolute atomic E-state index is 13.3. The molecule has 8 nitrogen and oxygen atoms in total. The molecule has 3 heterocycles. The number of nitrogens with one attached hydrogen (secondary N) is 1. The predicted octanol–water partition coefficient (Wildman–Crippen LogP) is 5.89. The number of aryl methyl sites for hydroxylation is 1. The molecule has 0 saturated carbocycles. The van der Waals surface area contributed by atoms with Gasteiger partial charge >= 0.3 is 18.2 Å². The summed E-state index contributed by atoms with van der Waals surface area (Å²) < 4.78 is 89.4. The molecule has 0 aliphatic rings. The number of benzene rings is 2. The standard InChI is InChI=1S/C26H17F6N3O5S/c1-12-20-22(37)34-24(38)35(11-19(36)25(27,28)29)23(20)41-21(12)14-4-7-17(18(10-14)40-26(30,31)32)39-15-5-6-16-13(9-15)3-2-8-33-16/h2-10,19,36H,11H2,1H3,(H,34,37,38)/t19-/m1/s1. The average Bonchev–Trinajstić information content (AvgIpc) is 3.23. The number of aromatic amines is 1. The smallest absolute Gasteiger partial charge is 0.453 e. The molecule has 0 saturated heterocycles. The molecule has 0 spiro atoms. The lowest BCUT2D eigenvalue weighted by Crippen LogP contribution is -2.38. The van der Waals surface area contributed by atoms with Crippen molar-refractivity contribution in [2.75, 3.05) is 0 Å². The SMILES string of the molecule is Cc1c(-c2ccc(Oc3ccc4ncccc4c3)c(OC(F)(F)F)c2)sc2c1c(=O)[nH]c(=O)n2C[C@@H](O)C(F)(F)F. The third kappa shape index (κ3) is 5.76. The van der Waals surface area contributed by atoms with Crippen molar-refractivity contribution in [1.82, 2.24) is 14.5 Å². The van der Waals surface area contributed by atoms with Crippen molar-refractivity contribution in [2.45, 2.75) is 32.1 Å². The van der Waals surface area contributed by atoms with E-state index in [1.165, 1.54) is 25.1 Å². The minimum absolute atomic E-state index is 0.104. The van der Waals surface area contributed by atoms with Gasteiger partial charge in [0, 0.05) is 16.5 Å². The zero-order valence-electron chi connectivity index (χ0n) is 20.6. The highest BCUT2D eigenvalue weighted by atomic mass is 32.1. The van der Waals surface area contributed by atoms with Gasteiger partial charge in [-0.05, 0) is 60.5 Å². The van der Waals surface area contributed by atoms with Crippen LogP contribution in [0.15, 0.2) is 64.3 Å². The zero-order chi connectivity index (χ0) is 29.7. The quantitative estimate of drug-likeness (QED) is 0.237. The van der Waals surface area contributed by atoms with Gasteiger partial charge in [0.05, 0.1) is 17.4 Å². The van der Waals surface area contributed by atoms with E-state index in [2.05, 4.69) is 9.72 Å². The highest BCUT2D eigenvalue weighted by Gasteiger charge is 2.39. The lowest BCUT2D eigenvalue weighted by Gasteiger charge is -2.16. The Bertz CT molecular complexity index is 1890. The largest absolute Gasteiger partial charge is 0.573 e. The number of H-pyrrole nitrogens is 1. The zero-order valence-corrected chi connectivity index (χ0v) is 21.4. The Morgan fingerprint density at radius 2 is 1.80 bits per heavy atom. The summed E-state index contributed by atoms with van der Waals surface area (Å²) in [7, 11) is 0. The Morgan fingerprint density at radius 1 is 1.05 bits per heavy atom. The van der Waals surface area contributed by atoms with Gasteiger partial charge in [-0.1, -0.05) is 6.07 Å². The van der Waals surface area contributed by atoms with Crippen molar-refractivity contribution in [2.24, 2.45) is 0 Å². The fourth-order valence-corrected chi connectivity index (χ4v) is 5.48. The molecule has 214 valence electrons. The molecule has 0 amide bonds. The highest BCUT2D eigenvalue weighted by Crippen LogP contribution is 2.43. The first-order valence-corrected chi connectivity index (χ1v) is 12.5. The summed E-state index contributed by atoms with van der Waals surface area (Å²) in [5.74, 6) is -0.824. The number of halogens is 6. The number of aliphatic hydroxyl groups is 1. The summed E-state index contributed by atoms with van der Waals surface area (Å²) >= 11 is 0.702. The Hall–Kier alpha value is -4.37. The van der Waals surface area contributed by atoms with Gasteiger partial charge in [0.15, 0.2) is 17.6 Å². The maximum atomic E-state index is 13.3. The lowest BCUT2D eigenvalue weighted by atomic mass is 10.1. The van der Waals surface area contributed by atoms with E-state index >= 15 is 0 Å². The Kier molecular flexibility index (Phi) is 7.03. The van der Waals surface area contributed by atoms with Crippen LogP contribution < -0.4 is 20.7 Å². The maximum Gasteiger partial charge on any atom is 0.573 e. The van der Waals surface area contributed by atoms with Crippen molar-refractivity contribution in [1.29, 1.82) is 0 Å². The molecule has 0 aliphatic heterocycles. The number of alkyl halides is 6. The minimum Gasteiger partial charge on any atom is -0.453 e. The molecule has 3 aromatic heterocycles. The van der Waals surface area contributed by atoms with Gasteiger partial charge < -0.3 is 14.6 Å². The van der Waals surface area contributed by atoms with Crippen LogP contribution in [-0.2, 0) is 6.54 Å². The fourth-order valence-electron chi connectivity index (χ4n) is 4.17. The van der Waals surface area contributed by atoms with Crippen LogP contribution in [0.1, 0.15) is 5.56 Å². The number of hydrogen-bond donors (Lipinski definition) is 2. The molecule has 15 heteroatoms. The normalized spacial score (nSPS) is 13.1. The molecular weight excluding hydrogens is 580 g/mol. The molecule has 0 fully saturated rings. The summed E-state index contributed by atoms with van der Waals surface area (Å²) in [6, 6.07) is 11.7. The van der Waals surface area contributed by atoms with Crippen LogP contribution in [0.4, 0.5) is 26.3 Å². The number of pyridine rings is 1. The van der Waals surface area contributed by atoms with Crippen molar-refractivity contribution in [3.63, 3.8) is 0 Å². The van der Waals surface area contributed by atoms with E-state index in [4.69, 9.17) is 4.74 Å². The van der Waals surface area contributed by atoms with Gasteiger partial charge in [-0.25, -0.2) is 4.79 Å². The molecule has 41 heavy (non-hydrogen) atoms. The van der Waals surface area contributed by atoms with Crippen LogP contribution in [-0.4, -0.2) is 38.3 Å². The number of hydrogen-bond acceptors (Lipinski definition) is 7. The molecule has 0 aliphatic carbocycles. The molecule has 5 aromatic rings. The number of rotatable bonds is 6. The Labute approximate surface area is 229 Å². The average molecular weight is 597 g/mol. The summed E-state index contributed by atoms with van der Waals surface area (Å²) in [4.78, 5) is 31.0. The molecule has 2 N–H and O–H groups in total. The van der Waals surface area contributed by atoms with E-state index in [1.807, 2.05) is 4.98 Å². The van der Waals surface area contributed by atoms with E-state index < -0.39 is 42.2 Å². The lowest BCUT2D eigenvalue weighted by molar-refractivity contribution is -0.275. The second-order valence-electron chi connectivity index (χ2n) is 8.83. The molecular formula is C26H17F6N3O5S. The van der Waals surface area contributed by atoms with E-state index in [1.54, 1.807) is 30.5 Å². The Balaban J connectivity index is 1.61. The fraction of sp³-hybridized carbons (Fsp3) is 0.192. The Morgan fingerprint density at radius 3 is 2.51 bits per heavy atom. The van der Waals surface area contributed by atoms with Crippen molar-refractivity contribution >= 4 is 32.5 Å². The monoisotopic (exact) mass is 597 g/mol. The van der Waals surface area contributed by atoms with E-state index in [0.29, 0.717) is 26.8 Å². The third-order valence-corrected chi connectivity index (χ3v) is 7.40. The third-order valence-electron chi connectivity index (χ3n) is 6.03. The van der Waals surface area contributed by atoms with Crippen molar-refractivity contribution < 1.29 is 40.9 Å². The highest BCUT2D eigenvalue weighted by molar-refractivity contribution is 7.22. The van der Waals surface area contributed by atoms with Crippen LogP contribution in [0.25, 0.3) is 31.6 Å². The van der Waals surface area contributed by atoms with Gasteiger partial charge in [0.25, 0.3) is 5.56 Å². The second-order valence-corrected chi connectivity index (χ2v) is 9.83. The second kappa shape index (κ2) is 10.2. The van der Waals surface area contributed by atoms with Crippen LogP contribution in [0, 0.1) is 6.92 Å². The van der Waals surface area contributed by atoms with Crippen molar-refractivity contribution in [3.8, 4) is 27.7 Å². The number of fused-ring (bicyclic) bond motifs is 2. The summed E-state index contributed by atoms with van der Waals surface area (Å²) in [5.41, 5.74) is -1.16. The first-order valence-electron chi connectivity index (χ1n) is 11.6. The summed E-state index contributed by atoms with van der Waals surface area (Å²) in [5, 5.41) is 10.1. The van der Waals surface area contributed by atoms with Gasteiger partial charge in [-0.2, -0.15) is 13.2 Å². The topological polar surface area (TPSA) is 106 Å². The van der Waals surface area contributed by atoms with Crippen LogP contribution in [0.5, 0.6) is 17.2 Å². The first-order chi connectivity index (χ1) is 19.2. The molecule has 0 bridgehead atoms. The number of aromatic nitrogens is 3. The van der Waals surface area contributed by atoms with Gasteiger partial charge in [0.2, 0.25) is 0 Å². The number of thiophene rings is 1. The first kappa shape index (κ1) is 28.2.